The van der Waals surface area contributed by atoms with Gasteiger partial charge in [-0.3, -0.25) is 0 Å². The number of aliphatic imine (C=N–C) groups is 1. The molecule has 2 heterocycles. The third-order valence-corrected chi connectivity index (χ3v) is 6.56. The molecule has 0 radical (unpaired) electrons. The predicted octanol–water partition coefficient (Wildman–Crippen LogP) is 2.37. The molecule has 1 spiro atoms. The quantitative estimate of drug-likeness (QED) is 0.646. The number of rotatable bonds is 2. The van der Waals surface area contributed by atoms with Crippen LogP contribution in [0.1, 0.15) is 43.7 Å². The molecular weight excluding hydrogens is 302 g/mol. The summed E-state index contributed by atoms with van der Waals surface area (Å²) in [5.41, 5.74) is 7.78. The molecule has 0 amide bonds. The van der Waals surface area contributed by atoms with Gasteiger partial charge in [0.1, 0.15) is 5.75 Å². The van der Waals surface area contributed by atoms with Crippen molar-refractivity contribution >= 4 is 5.96 Å². The normalized spacial score (nSPS) is 36.1. The highest BCUT2D eigenvalue weighted by Crippen LogP contribution is 2.62. The summed E-state index contributed by atoms with van der Waals surface area (Å²) in [6, 6.07) is 8.67. The van der Waals surface area contributed by atoms with Crippen molar-refractivity contribution in [2.24, 2.45) is 22.1 Å². The third-order valence-electron chi connectivity index (χ3n) is 6.56. The first-order valence-corrected chi connectivity index (χ1v) is 9.21. The maximum absolute atomic E-state index is 6.31. The van der Waals surface area contributed by atoms with Gasteiger partial charge in [-0.05, 0) is 25.3 Å². The van der Waals surface area contributed by atoms with Gasteiger partial charge in [0, 0.05) is 36.0 Å². The number of hydrogen-bond donors (Lipinski definition) is 2. The van der Waals surface area contributed by atoms with E-state index >= 15 is 0 Å². The van der Waals surface area contributed by atoms with E-state index in [1.54, 1.807) is 0 Å². The van der Waals surface area contributed by atoms with E-state index in [9.17, 15) is 0 Å². The highest BCUT2D eigenvalue weighted by atomic mass is 16.5. The van der Waals surface area contributed by atoms with Crippen LogP contribution in [-0.2, 0) is 4.74 Å². The van der Waals surface area contributed by atoms with Crippen LogP contribution < -0.4 is 15.8 Å². The standard InChI is InChI=1S/C19H25N3O2/c20-18(21-14-7-11-23-15-5-2-1-4-12(14)15)22-16-13-6-10-24-17(13)19(16)8-3-9-19/h1-2,4-5,13-14,16-17H,3,6-11H2,(H3,20,21,22). The van der Waals surface area contributed by atoms with E-state index in [1.165, 1.54) is 19.3 Å². The van der Waals surface area contributed by atoms with Gasteiger partial charge in [-0.25, -0.2) is 4.99 Å². The van der Waals surface area contributed by atoms with E-state index in [2.05, 4.69) is 11.4 Å². The van der Waals surface area contributed by atoms with Crippen molar-refractivity contribution in [1.29, 1.82) is 0 Å². The molecule has 2 aliphatic heterocycles. The molecule has 5 rings (SSSR count). The van der Waals surface area contributed by atoms with Crippen molar-refractivity contribution in [2.75, 3.05) is 13.2 Å². The zero-order valence-electron chi connectivity index (χ0n) is 13.9. The number of nitrogens with zero attached hydrogens (tertiary/aromatic N) is 1. The molecule has 1 aromatic carbocycles. The molecule has 1 saturated heterocycles. The van der Waals surface area contributed by atoms with Crippen molar-refractivity contribution in [2.45, 2.75) is 50.3 Å². The fourth-order valence-electron chi connectivity index (χ4n) is 5.28. The SMILES string of the molecule is NC(=NC1CCOc2ccccc21)NC1C2CCOC2C12CCC2. The van der Waals surface area contributed by atoms with Gasteiger partial charge in [-0.2, -0.15) is 0 Å². The Balaban J connectivity index is 1.34. The van der Waals surface area contributed by atoms with Crippen LogP contribution in [0.3, 0.4) is 0 Å². The van der Waals surface area contributed by atoms with Crippen LogP contribution >= 0.6 is 0 Å². The zero-order chi connectivity index (χ0) is 16.1. The fraction of sp³-hybridized carbons (Fsp3) is 0.632. The number of guanidine groups is 1. The number of nitrogens with one attached hydrogen (secondary N) is 1. The highest BCUT2D eigenvalue weighted by Gasteiger charge is 2.66. The van der Waals surface area contributed by atoms with E-state index in [0.717, 1.165) is 30.8 Å². The molecule has 4 aliphatic rings. The van der Waals surface area contributed by atoms with Gasteiger partial charge in [-0.15, -0.1) is 0 Å². The van der Waals surface area contributed by atoms with E-state index in [4.69, 9.17) is 20.2 Å². The van der Waals surface area contributed by atoms with Crippen LogP contribution in [0.2, 0.25) is 0 Å². The maximum atomic E-state index is 6.31. The average molecular weight is 327 g/mol. The van der Waals surface area contributed by atoms with E-state index in [0.29, 0.717) is 36.0 Å². The second-order valence-corrected chi connectivity index (χ2v) is 7.66. The molecule has 4 atom stereocenters. The first-order chi connectivity index (χ1) is 11.8. The first kappa shape index (κ1) is 14.6. The lowest BCUT2D eigenvalue weighted by molar-refractivity contribution is -0.171. The molecule has 0 aromatic heterocycles. The zero-order valence-corrected chi connectivity index (χ0v) is 13.9. The lowest BCUT2D eigenvalue weighted by Crippen LogP contribution is -2.72. The Morgan fingerprint density at radius 3 is 2.92 bits per heavy atom. The number of nitrogens with two attached hydrogens (primary N) is 1. The Bertz CT molecular complexity index is 670. The second kappa shape index (κ2) is 5.38. The number of benzene rings is 1. The van der Waals surface area contributed by atoms with Crippen molar-refractivity contribution < 1.29 is 9.47 Å². The minimum absolute atomic E-state index is 0.0930. The lowest BCUT2D eigenvalue weighted by atomic mass is 9.46. The van der Waals surface area contributed by atoms with E-state index in [1.807, 2.05) is 18.2 Å². The van der Waals surface area contributed by atoms with Crippen LogP contribution in [0.25, 0.3) is 0 Å². The molecule has 1 aromatic rings. The summed E-state index contributed by atoms with van der Waals surface area (Å²) in [6.45, 7) is 1.60. The Morgan fingerprint density at radius 1 is 1.21 bits per heavy atom. The monoisotopic (exact) mass is 327 g/mol. The van der Waals surface area contributed by atoms with Gasteiger partial charge in [-0.1, -0.05) is 24.6 Å². The smallest absolute Gasteiger partial charge is 0.189 e. The maximum Gasteiger partial charge on any atom is 0.189 e. The summed E-state index contributed by atoms with van der Waals surface area (Å²) >= 11 is 0. The highest BCUT2D eigenvalue weighted by molar-refractivity contribution is 5.79. The molecule has 4 unspecified atom stereocenters. The van der Waals surface area contributed by atoms with Gasteiger partial charge in [0.25, 0.3) is 0 Å². The lowest BCUT2D eigenvalue weighted by Gasteiger charge is -2.63. The molecule has 2 aliphatic carbocycles. The molecule has 3 N–H and O–H groups in total. The number of para-hydroxylation sites is 1. The Morgan fingerprint density at radius 2 is 2.08 bits per heavy atom. The van der Waals surface area contributed by atoms with Gasteiger partial charge in [0.15, 0.2) is 5.96 Å². The van der Waals surface area contributed by atoms with Crippen molar-refractivity contribution in [1.82, 2.24) is 5.32 Å². The number of hydrogen-bond acceptors (Lipinski definition) is 3. The molecule has 128 valence electrons. The second-order valence-electron chi connectivity index (χ2n) is 7.66. The minimum Gasteiger partial charge on any atom is -0.493 e. The summed E-state index contributed by atoms with van der Waals surface area (Å²) in [6.07, 6.45) is 6.33. The van der Waals surface area contributed by atoms with Crippen LogP contribution in [0.4, 0.5) is 0 Å². The van der Waals surface area contributed by atoms with Crippen LogP contribution in [0, 0.1) is 11.3 Å². The molecule has 5 heteroatoms. The predicted molar refractivity (Wildman–Crippen MR) is 92.0 cm³/mol. The Labute approximate surface area is 142 Å². The van der Waals surface area contributed by atoms with Gasteiger partial charge in [0.05, 0.1) is 18.8 Å². The van der Waals surface area contributed by atoms with Crippen molar-refractivity contribution in [3.05, 3.63) is 29.8 Å². The van der Waals surface area contributed by atoms with Gasteiger partial charge >= 0.3 is 0 Å². The molecule has 5 nitrogen and oxygen atoms in total. The van der Waals surface area contributed by atoms with Gasteiger partial charge < -0.3 is 20.5 Å². The molecule has 2 saturated carbocycles. The molecule has 24 heavy (non-hydrogen) atoms. The molecular formula is C19H25N3O2. The van der Waals surface area contributed by atoms with Crippen molar-refractivity contribution in [3.8, 4) is 5.75 Å². The minimum atomic E-state index is 0.0930. The molecule has 3 fully saturated rings. The van der Waals surface area contributed by atoms with Crippen molar-refractivity contribution in [3.63, 3.8) is 0 Å². The fourth-order valence-corrected chi connectivity index (χ4v) is 5.28. The summed E-state index contributed by atoms with van der Waals surface area (Å²) in [5.74, 6) is 2.13. The summed E-state index contributed by atoms with van der Waals surface area (Å²) in [7, 11) is 0. The summed E-state index contributed by atoms with van der Waals surface area (Å²) in [5, 5.41) is 3.57. The third kappa shape index (κ3) is 2.00. The Hall–Kier alpha value is -1.75. The van der Waals surface area contributed by atoms with Crippen LogP contribution in [0.5, 0.6) is 5.75 Å². The van der Waals surface area contributed by atoms with E-state index in [-0.39, 0.29) is 6.04 Å². The number of fused-ring (bicyclic) bond motifs is 3. The summed E-state index contributed by atoms with van der Waals surface area (Å²) in [4.78, 5) is 4.80. The van der Waals surface area contributed by atoms with E-state index < -0.39 is 0 Å². The number of ether oxygens (including phenoxy) is 2. The largest absolute Gasteiger partial charge is 0.493 e. The topological polar surface area (TPSA) is 68.9 Å². The first-order valence-electron chi connectivity index (χ1n) is 9.21. The Kier molecular flexibility index (Phi) is 3.27. The summed E-state index contributed by atoms with van der Waals surface area (Å²) < 4.78 is 11.7. The average Bonchev–Trinajstić information content (AvgIpc) is 2.97. The van der Waals surface area contributed by atoms with Crippen LogP contribution in [-0.4, -0.2) is 31.3 Å². The molecule has 0 bridgehead atoms. The van der Waals surface area contributed by atoms with Crippen LogP contribution in [0.15, 0.2) is 29.3 Å². The van der Waals surface area contributed by atoms with Gasteiger partial charge in [0.2, 0.25) is 0 Å².